The largest absolute Gasteiger partial charge is 0.493 e. The molecule has 3 nitrogen and oxygen atoms in total. The number of anilines is 1. The Labute approximate surface area is 184 Å². The minimum atomic E-state index is 0.495. The van der Waals surface area contributed by atoms with E-state index in [-0.39, 0.29) is 0 Å². The van der Waals surface area contributed by atoms with E-state index < -0.39 is 0 Å². The van der Waals surface area contributed by atoms with Gasteiger partial charge in [-0.3, -0.25) is 0 Å². The highest BCUT2D eigenvalue weighted by atomic mass is 127. The summed E-state index contributed by atoms with van der Waals surface area (Å²) in [5, 5.41) is 5.87. The first-order valence-corrected chi connectivity index (χ1v) is 10.6. The van der Waals surface area contributed by atoms with E-state index in [1.54, 1.807) is 7.11 Å². The molecule has 0 atom stereocenters. The van der Waals surface area contributed by atoms with Crippen LogP contribution in [0.25, 0.3) is 10.8 Å². The van der Waals surface area contributed by atoms with E-state index in [1.807, 2.05) is 24.3 Å². The minimum Gasteiger partial charge on any atom is -0.493 e. The Morgan fingerprint density at radius 3 is 2.45 bits per heavy atom. The van der Waals surface area contributed by atoms with Gasteiger partial charge in [-0.05, 0) is 68.8 Å². The molecule has 4 heteroatoms. The molecule has 0 aliphatic heterocycles. The highest BCUT2D eigenvalue weighted by Gasteiger charge is 2.13. The lowest BCUT2D eigenvalue weighted by Crippen LogP contribution is -2.04. The van der Waals surface area contributed by atoms with Crippen molar-refractivity contribution in [2.24, 2.45) is 0 Å². The van der Waals surface area contributed by atoms with Crippen molar-refractivity contribution in [2.75, 3.05) is 12.4 Å². The van der Waals surface area contributed by atoms with Crippen molar-refractivity contribution >= 4 is 39.1 Å². The minimum absolute atomic E-state index is 0.495. The molecule has 0 aliphatic rings. The van der Waals surface area contributed by atoms with Crippen LogP contribution < -0.4 is 14.8 Å². The fraction of sp³-hybridized carbons (Fsp3) is 0.120. The average Bonchev–Trinajstić information content (AvgIpc) is 2.77. The Hall–Kier alpha value is -2.73. The fourth-order valence-electron chi connectivity index (χ4n) is 3.34. The number of methoxy groups -OCH3 is 1. The third kappa shape index (κ3) is 4.65. The Balaban J connectivity index is 1.52. The zero-order valence-electron chi connectivity index (χ0n) is 16.2. The Morgan fingerprint density at radius 1 is 0.862 bits per heavy atom. The van der Waals surface area contributed by atoms with Crippen molar-refractivity contribution in [3.63, 3.8) is 0 Å². The highest BCUT2D eigenvalue weighted by molar-refractivity contribution is 14.1. The Bertz CT molecular complexity index is 1110. The lowest BCUT2D eigenvalue weighted by Gasteiger charge is -2.16. The summed E-state index contributed by atoms with van der Waals surface area (Å²) in [4.78, 5) is 0. The maximum atomic E-state index is 6.22. The molecular formula is C25H22INO2. The molecule has 0 radical (unpaired) electrons. The van der Waals surface area contributed by atoms with Gasteiger partial charge in [0.2, 0.25) is 0 Å². The smallest absolute Gasteiger partial charge is 0.174 e. The molecule has 4 rings (SSSR count). The van der Waals surface area contributed by atoms with Gasteiger partial charge in [0, 0.05) is 12.2 Å². The van der Waals surface area contributed by atoms with Crippen LogP contribution >= 0.6 is 22.6 Å². The summed E-state index contributed by atoms with van der Waals surface area (Å²) in [6.45, 7) is 1.22. The van der Waals surface area contributed by atoms with Gasteiger partial charge < -0.3 is 14.8 Å². The van der Waals surface area contributed by atoms with Crippen molar-refractivity contribution in [1.82, 2.24) is 0 Å². The third-order valence-corrected chi connectivity index (χ3v) is 5.61. The SMILES string of the molecule is COc1cc(CNc2ccccc2)cc(I)c1OCc1cccc2ccccc12. The van der Waals surface area contributed by atoms with Gasteiger partial charge >= 0.3 is 0 Å². The number of rotatable bonds is 7. The van der Waals surface area contributed by atoms with Crippen LogP contribution in [0.5, 0.6) is 11.5 Å². The predicted octanol–water partition coefficient (Wildman–Crippen LogP) is 6.64. The van der Waals surface area contributed by atoms with Gasteiger partial charge in [0.05, 0.1) is 10.7 Å². The molecule has 0 saturated heterocycles. The molecule has 0 bridgehead atoms. The van der Waals surface area contributed by atoms with E-state index in [9.17, 15) is 0 Å². The molecule has 4 aromatic rings. The maximum Gasteiger partial charge on any atom is 0.174 e. The van der Waals surface area contributed by atoms with Crippen LogP contribution in [0, 0.1) is 3.57 Å². The number of para-hydroxylation sites is 1. The number of hydrogen-bond donors (Lipinski definition) is 1. The van der Waals surface area contributed by atoms with E-state index in [4.69, 9.17) is 9.47 Å². The molecule has 146 valence electrons. The monoisotopic (exact) mass is 495 g/mol. The summed E-state index contributed by atoms with van der Waals surface area (Å²) >= 11 is 2.32. The van der Waals surface area contributed by atoms with Gasteiger partial charge in [-0.2, -0.15) is 0 Å². The van der Waals surface area contributed by atoms with Crippen molar-refractivity contribution in [2.45, 2.75) is 13.2 Å². The second kappa shape index (κ2) is 9.18. The number of benzene rings is 4. The number of fused-ring (bicyclic) bond motifs is 1. The number of hydrogen-bond acceptors (Lipinski definition) is 3. The fourth-order valence-corrected chi connectivity index (χ4v) is 4.17. The van der Waals surface area contributed by atoms with E-state index in [2.05, 4.69) is 88.6 Å². The number of halogens is 1. The summed E-state index contributed by atoms with van der Waals surface area (Å²) in [6.07, 6.45) is 0. The van der Waals surface area contributed by atoms with Crippen molar-refractivity contribution in [3.05, 3.63) is 99.6 Å². The molecule has 0 aromatic heterocycles. The van der Waals surface area contributed by atoms with Crippen molar-refractivity contribution < 1.29 is 9.47 Å². The highest BCUT2D eigenvalue weighted by Crippen LogP contribution is 2.35. The molecule has 0 fully saturated rings. The normalized spacial score (nSPS) is 10.7. The summed E-state index contributed by atoms with van der Waals surface area (Å²) in [6, 6.07) is 29.0. The van der Waals surface area contributed by atoms with Gasteiger partial charge in [-0.1, -0.05) is 60.7 Å². The van der Waals surface area contributed by atoms with Crippen LogP contribution in [0.4, 0.5) is 5.69 Å². The second-order valence-corrected chi connectivity index (χ2v) is 7.92. The van der Waals surface area contributed by atoms with Crippen LogP contribution in [0.2, 0.25) is 0 Å². The van der Waals surface area contributed by atoms with E-state index >= 15 is 0 Å². The number of ether oxygens (including phenoxy) is 2. The lowest BCUT2D eigenvalue weighted by atomic mass is 10.1. The molecular weight excluding hydrogens is 473 g/mol. The average molecular weight is 495 g/mol. The number of nitrogens with one attached hydrogen (secondary N) is 1. The van der Waals surface area contributed by atoms with Gasteiger partial charge in [0.1, 0.15) is 6.61 Å². The molecule has 4 aromatic carbocycles. The van der Waals surface area contributed by atoms with Crippen molar-refractivity contribution in [1.29, 1.82) is 0 Å². The van der Waals surface area contributed by atoms with Crippen LogP contribution in [-0.2, 0) is 13.2 Å². The zero-order valence-corrected chi connectivity index (χ0v) is 18.3. The molecule has 0 amide bonds. The standard InChI is InChI=1S/C25H22INO2/c1-28-24-15-18(16-27-21-11-3-2-4-12-21)14-23(26)25(24)29-17-20-10-7-9-19-8-5-6-13-22(19)20/h2-15,27H,16-17H2,1H3. The molecule has 0 spiro atoms. The topological polar surface area (TPSA) is 30.5 Å². The Morgan fingerprint density at radius 2 is 1.62 bits per heavy atom. The lowest BCUT2D eigenvalue weighted by molar-refractivity contribution is 0.283. The van der Waals surface area contributed by atoms with Gasteiger partial charge in [0.25, 0.3) is 0 Å². The second-order valence-electron chi connectivity index (χ2n) is 6.76. The molecule has 0 saturated carbocycles. The summed E-state index contributed by atoms with van der Waals surface area (Å²) < 4.78 is 12.9. The summed E-state index contributed by atoms with van der Waals surface area (Å²) in [5.74, 6) is 1.53. The van der Waals surface area contributed by atoms with E-state index in [0.717, 1.165) is 38.4 Å². The quantitative estimate of drug-likeness (QED) is 0.292. The predicted molar refractivity (Wildman–Crippen MR) is 128 cm³/mol. The zero-order chi connectivity index (χ0) is 20.1. The van der Waals surface area contributed by atoms with Crippen molar-refractivity contribution in [3.8, 4) is 11.5 Å². The van der Waals surface area contributed by atoms with Crippen LogP contribution in [0.15, 0.2) is 84.9 Å². The maximum absolute atomic E-state index is 6.22. The Kier molecular flexibility index (Phi) is 6.20. The first-order chi connectivity index (χ1) is 14.2. The van der Waals surface area contributed by atoms with E-state index in [0.29, 0.717) is 6.61 Å². The van der Waals surface area contributed by atoms with Crippen LogP contribution in [-0.4, -0.2) is 7.11 Å². The molecule has 29 heavy (non-hydrogen) atoms. The first kappa shape index (κ1) is 19.6. The van der Waals surface area contributed by atoms with Crippen LogP contribution in [0.1, 0.15) is 11.1 Å². The van der Waals surface area contributed by atoms with Gasteiger partial charge in [0.15, 0.2) is 11.5 Å². The van der Waals surface area contributed by atoms with Gasteiger partial charge in [-0.15, -0.1) is 0 Å². The molecule has 0 heterocycles. The summed E-state index contributed by atoms with van der Waals surface area (Å²) in [7, 11) is 1.69. The third-order valence-electron chi connectivity index (χ3n) is 4.81. The van der Waals surface area contributed by atoms with Gasteiger partial charge in [-0.25, -0.2) is 0 Å². The molecule has 0 unspecified atom stereocenters. The van der Waals surface area contributed by atoms with E-state index in [1.165, 1.54) is 10.8 Å². The van der Waals surface area contributed by atoms with Crippen LogP contribution in [0.3, 0.4) is 0 Å². The molecule has 1 N–H and O–H groups in total. The molecule has 0 aliphatic carbocycles. The summed E-state index contributed by atoms with van der Waals surface area (Å²) in [5.41, 5.74) is 3.40. The first-order valence-electron chi connectivity index (χ1n) is 9.49.